The summed E-state index contributed by atoms with van der Waals surface area (Å²) in [6, 6.07) is 19.5. The third kappa shape index (κ3) is 8.42. The zero-order chi connectivity index (χ0) is 30.0. The summed E-state index contributed by atoms with van der Waals surface area (Å²) in [6.45, 7) is 11.0. The van der Waals surface area contributed by atoms with Gasteiger partial charge in [0.1, 0.15) is 12.4 Å². The van der Waals surface area contributed by atoms with Crippen LogP contribution in [0.5, 0.6) is 5.75 Å². The van der Waals surface area contributed by atoms with E-state index in [1.165, 1.54) is 11.1 Å². The minimum atomic E-state index is -1.76. The van der Waals surface area contributed by atoms with Crippen molar-refractivity contribution >= 4 is 14.3 Å². The fourth-order valence-corrected chi connectivity index (χ4v) is 10.3. The van der Waals surface area contributed by atoms with Crippen LogP contribution >= 0.6 is 0 Å². The molecule has 5 atom stereocenters. The van der Waals surface area contributed by atoms with E-state index in [0.717, 1.165) is 87.2 Å². The molecule has 1 fully saturated rings. The fourth-order valence-electron chi connectivity index (χ4n) is 7.37. The van der Waals surface area contributed by atoms with Gasteiger partial charge in [-0.05, 0) is 110 Å². The third-order valence-electron chi connectivity index (χ3n) is 10.1. The Morgan fingerprint density at radius 1 is 1.00 bits per heavy atom. The van der Waals surface area contributed by atoms with E-state index in [2.05, 4.69) is 39.8 Å². The number of carbonyl (C=O) groups is 1. The topological polar surface area (TPSA) is 65.0 Å². The number of esters is 1. The molecule has 0 radical (unpaired) electrons. The first-order valence-corrected chi connectivity index (χ1v) is 19.0. The quantitative estimate of drug-likeness (QED) is 0.0869. The molecule has 0 unspecified atom stereocenters. The maximum atomic E-state index is 12.5. The van der Waals surface area contributed by atoms with Crippen molar-refractivity contribution in [1.29, 1.82) is 0 Å². The van der Waals surface area contributed by atoms with E-state index in [-0.39, 0.29) is 31.4 Å². The summed E-state index contributed by atoms with van der Waals surface area (Å²) in [5.74, 6) is 2.01. The highest BCUT2D eigenvalue weighted by Gasteiger charge is 2.48. The number of carbonyl (C=O) groups excluding carboxylic acids is 1. The zero-order valence-corrected chi connectivity index (χ0v) is 27.2. The molecule has 0 bridgehead atoms. The van der Waals surface area contributed by atoms with Crippen molar-refractivity contribution in [3.8, 4) is 5.75 Å². The Balaban J connectivity index is 1.44. The summed E-state index contributed by atoms with van der Waals surface area (Å²) in [4.78, 5) is 12.5. The molecule has 1 saturated carbocycles. The van der Waals surface area contributed by atoms with Gasteiger partial charge in [0.05, 0.1) is 19.4 Å². The van der Waals surface area contributed by atoms with Crippen LogP contribution in [0.2, 0.25) is 18.1 Å². The lowest BCUT2D eigenvalue weighted by atomic mass is 9.73. The first-order valence-electron chi connectivity index (χ1n) is 16.5. The Labute approximate surface area is 255 Å². The van der Waals surface area contributed by atoms with Gasteiger partial charge in [0.15, 0.2) is 14.9 Å². The molecule has 2 aromatic carbocycles. The average Bonchev–Trinajstić information content (AvgIpc) is 3.35. The summed E-state index contributed by atoms with van der Waals surface area (Å²) < 4.78 is 18.7. The first-order chi connectivity index (χ1) is 20.4. The highest BCUT2D eigenvalue weighted by molar-refractivity contribution is 6.73. The third-order valence-corrected chi connectivity index (χ3v) is 14.8. The molecule has 0 saturated heterocycles. The number of benzene rings is 2. The van der Waals surface area contributed by atoms with E-state index in [9.17, 15) is 9.90 Å². The number of hydrogen-bond donors (Lipinski definition) is 1. The maximum Gasteiger partial charge on any atom is 0.344 e. The molecule has 2 aliphatic carbocycles. The number of fused-ring (bicyclic) bond motifs is 2. The van der Waals surface area contributed by atoms with Gasteiger partial charge in [-0.2, -0.15) is 0 Å². The lowest BCUT2D eigenvalue weighted by Gasteiger charge is -2.36. The van der Waals surface area contributed by atoms with E-state index in [0.29, 0.717) is 17.8 Å². The molecular weight excluding hydrogens is 540 g/mol. The minimum absolute atomic E-state index is 0.0880. The van der Waals surface area contributed by atoms with E-state index < -0.39 is 8.32 Å². The summed E-state index contributed by atoms with van der Waals surface area (Å²) >= 11 is 0. The molecule has 5 nitrogen and oxygen atoms in total. The van der Waals surface area contributed by atoms with Crippen molar-refractivity contribution in [2.45, 2.75) is 116 Å². The number of unbranched alkanes of at least 4 members (excludes halogenated alkanes) is 2. The largest absolute Gasteiger partial charge is 0.482 e. The fraction of sp³-hybridized carbons (Fsp3) is 0.611. The lowest BCUT2D eigenvalue weighted by Crippen LogP contribution is -2.42. The van der Waals surface area contributed by atoms with Crippen molar-refractivity contribution in [1.82, 2.24) is 0 Å². The molecule has 6 heteroatoms. The second-order valence-electron chi connectivity index (χ2n) is 12.5. The Hall–Kier alpha value is -2.28. The van der Waals surface area contributed by atoms with Crippen LogP contribution in [0, 0.1) is 24.7 Å². The maximum absolute atomic E-state index is 12.5. The SMILES string of the molecule is [CH2+]CCCC[C@H](O)CC[C@@H]1[C@H]2Cc3cccc(OCC(=O)OCc4ccccc4)c3C[C@H]2C[C@H]1O[Si](CC)(CC)CC. The second kappa shape index (κ2) is 16.0. The average molecular weight is 594 g/mol. The smallest absolute Gasteiger partial charge is 0.344 e. The van der Waals surface area contributed by atoms with Gasteiger partial charge >= 0.3 is 5.97 Å². The molecule has 0 heterocycles. The highest BCUT2D eigenvalue weighted by atomic mass is 28.4. The molecule has 4 rings (SSSR count). The van der Waals surface area contributed by atoms with Gasteiger partial charge in [-0.1, -0.05) is 63.2 Å². The van der Waals surface area contributed by atoms with Crippen LogP contribution in [0.3, 0.4) is 0 Å². The normalized spacial score (nSPS) is 22.3. The summed E-state index contributed by atoms with van der Waals surface area (Å²) in [6.07, 6.45) is 8.90. The number of ether oxygens (including phenoxy) is 2. The molecular formula is C36H53O5Si+. The van der Waals surface area contributed by atoms with Crippen LogP contribution in [0.4, 0.5) is 0 Å². The number of aliphatic hydroxyl groups excluding tert-OH is 1. The molecule has 0 spiro atoms. The molecule has 230 valence electrons. The molecule has 0 aromatic heterocycles. The Kier molecular flexibility index (Phi) is 12.4. The summed E-state index contributed by atoms with van der Waals surface area (Å²) in [5, 5.41) is 10.8. The van der Waals surface area contributed by atoms with Crippen LogP contribution < -0.4 is 4.74 Å². The Morgan fingerprint density at radius 3 is 2.48 bits per heavy atom. The van der Waals surface area contributed by atoms with Crippen LogP contribution in [0.15, 0.2) is 48.5 Å². The second-order valence-corrected chi connectivity index (χ2v) is 17.3. The predicted molar refractivity (Wildman–Crippen MR) is 172 cm³/mol. The van der Waals surface area contributed by atoms with E-state index >= 15 is 0 Å². The van der Waals surface area contributed by atoms with Gasteiger partial charge < -0.3 is 19.0 Å². The number of rotatable bonds is 17. The van der Waals surface area contributed by atoms with E-state index in [1.807, 2.05) is 36.4 Å². The van der Waals surface area contributed by atoms with Gasteiger partial charge in [-0.15, -0.1) is 0 Å². The highest BCUT2D eigenvalue weighted by Crippen LogP contribution is 2.50. The summed E-state index contributed by atoms with van der Waals surface area (Å²) in [7, 11) is -1.76. The zero-order valence-electron chi connectivity index (χ0n) is 26.2. The molecule has 1 N–H and O–H groups in total. The molecule has 2 aliphatic rings. The Morgan fingerprint density at radius 2 is 1.76 bits per heavy atom. The lowest BCUT2D eigenvalue weighted by molar-refractivity contribution is -0.147. The van der Waals surface area contributed by atoms with Crippen LogP contribution in [0.1, 0.15) is 82.4 Å². The van der Waals surface area contributed by atoms with Crippen LogP contribution in [-0.4, -0.2) is 38.2 Å². The van der Waals surface area contributed by atoms with E-state index in [4.69, 9.17) is 13.9 Å². The first kappa shape index (κ1) is 32.6. The predicted octanol–water partition coefficient (Wildman–Crippen LogP) is 8.09. The van der Waals surface area contributed by atoms with Crippen molar-refractivity contribution in [2.75, 3.05) is 6.61 Å². The van der Waals surface area contributed by atoms with Gasteiger partial charge in [0.2, 0.25) is 0 Å². The van der Waals surface area contributed by atoms with Gasteiger partial charge in [-0.25, -0.2) is 4.79 Å². The van der Waals surface area contributed by atoms with Gasteiger partial charge in [0.25, 0.3) is 0 Å². The van der Waals surface area contributed by atoms with Gasteiger partial charge in [0, 0.05) is 6.10 Å². The monoisotopic (exact) mass is 593 g/mol. The number of hydrogen-bond acceptors (Lipinski definition) is 5. The Bertz CT molecular complexity index is 1090. The summed E-state index contributed by atoms with van der Waals surface area (Å²) in [5.41, 5.74) is 3.54. The molecule has 2 aromatic rings. The van der Waals surface area contributed by atoms with Crippen LogP contribution in [-0.2, 0) is 33.4 Å². The van der Waals surface area contributed by atoms with Crippen molar-refractivity contribution in [3.63, 3.8) is 0 Å². The van der Waals surface area contributed by atoms with Crippen LogP contribution in [0.25, 0.3) is 0 Å². The standard InChI is InChI=1S/C36H53O5Si/c1-5-9-11-18-30(37)20-21-31-32-22-28-17-14-19-34(39-26-36(38)40-25-27-15-12-10-13-16-27)33(28)23-29(32)24-35(31)41-42(6-2,7-3)8-4/h10,12-17,19,29-32,35,37H,1,5-9,11,18,20-26H2,2-4H3/q+1/t29-,30-,31+,32-,35+/m0/s1. The molecule has 0 amide bonds. The van der Waals surface area contributed by atoms with E-state index in [1.54, 1.807) is 0 Å². The number of aliphatic hydroxyl groups is 1. The molecule has 0 aliphatic heterocycles. The minimum Gasteiger partial charge on any atom is -0.482 e. The van der Waals surface area contributed by atoms with Crippen molar-refractivity contribution in [3.05, 3.63) is 72.1 Å². The van der Waals surface area contributed by atoms with Gasteiger partial charge in [-0.3, -0.25) is 0 Å². The van der Waals surface area contributed by atoms with Crippen molar-refractivity contribution in [2.24, 2.45) is 17.8 Å². The molecule has 42 heavy (non-hydrogen) atoms. The van der Waals surface area contributed by atoms with Crippen molar-refractivity contribution < 1.29 is 23.8 Å².